The normalized spacial score (nSPS) is 11.7. The van der Waals surface area contributed by atoms with Crippen LogP contribution >= 0.6 is 0 Å². The van der Waals surface area contributed by atoms with Crippen LogP contribution in [0.5, 0.6) is 0 Å². The molecule has 0 aromatic heterocycles. The molecule has 0 heterocycles. The van der Waals surface area contributed by atoms with Gasteiger partial charge in [0.15, 0.2) is 0 Å². The summed E-state index contributed by atoms with van der Waals surface area (Å²) < 4.78 is 24.6. The minimum atomic E-state index is -3.47. The van der Waals surface area contributed by atoms with Crippen LogP contribution in [0, 0.1) is 0 Å². The number of sulfonamides is 1. The van der Waals surface area contributed by atoms with Crippen molar-refractivity contribution < 1.29 is 18.3 Å². The van der Waals surface area contributed by atoms with Gasteiger partial charge in [0.05, 0.1) is 12.2 Å². The Kier molecular flexibility index (Phi) is 5.30. The standard InChI is InChI=1S/C12H17NO4S/c1-13(18(16,17)10-8-12(14)15)9-7-11-5-3-2-4-6-11/h2-6H,7-10H2,1H3,(H,14,15). The molecule has 0 fully saturated rings. The molecule has 6 heteroatoms. The molecule has 1 aromatic carbocycles. The van der Waals surface area contributed by atoms with E-state index in [1.165, 1.54) is 11.4 Å². The maximum absolute atomic E-state index is 11.7. The zero-order valence-electron chi connectivity index (χ0n) is 10.2. The predicted octanol–water partition coefficient (Wildman–Crippen LogP) is 0.965. The summed E-state index contributed by atoms with van der Waals surface area (Å²) >= 11 is 0. The number of nitrogens with zero attached hydrogens (tertiary/aromatic N) is 1. The quantitative estimate of drug-likeness (QED) is 0.801. The molecule has 1 rings (SSSR count). The largest absolute Gasteiger partial charge is 0.481 e. The number of hydrogen-bond donors (Lipinski definition) is 1. The zero-order valence-corrected chi connectivity index (χ0v) is 11.1. The number of hydrogen-bond acceptors (Lipinski definition) is 3. The fourth-order valence-electron chi connectivity index (χ4n) is 1.44. The van der Waals surface area contributed by atoms with Crippen LogP contribution in [0.3, 0.4) is 0 Å². The van der Waals surface area contributed by atoms with Gasteiger partial charge in [0.25, 0.3) is 0 Å². The van der Waals surface area contributed by atoms with Crippen molar-refractivity contribution in [1.29, 1.82) is 0 Å². The molecule has 0 aliphatic carbocycles. The lowest BCUT2D eigenvalue weighted by Gasteiger charge is -2.16. The number of carboxylic acids is 1. The molecule has 0 aliphatic rings. The minimum Gasteiger partial charge on any atom is -0.481 e. The van der Waals surface area contributed by atoms with Gasteiger partial charge in [-0.3, -0.25) is 4.79 Å². The van der Waals surface area contributed by atoms with Crippen molar-refractivity contribution in [2.45, 2.75) is 12.8 Å². The molecule has 5 nitrogen and oxygen atoms in total. The molecule has 0 bridgehead atoms. The van der Waals surface area contributed by atoms with E-state index in [4.69, 9.17) is 5.11 Å². The van der Waals surface area contributed by atoms with E-state index in [2.05, 4.69) is 0 Å². The van der Waals surface area contributed by atoms with Gasteiger partial charge in [-0.2, -0.15) is 0 Å². The lowest BCUT2D eigenvalue weighted by atomic mass is 10.2. The Morgan fingerprint density at radius 1 is 1.28 bits per heavy atom. The Morgan fingerprint density at radius 3 is 2.44 bits per heavy atom. The smallest absolute Gasteiger partial charge is 0.304 e. The fourth-order valence-corrected chi connectivity index (χ4v) is 2.56. The van der Waals surface area contributed by atoms with E-state index < -0.39 is 16.0 Å². The summed E-state index contributed by atoms with van der Waals surface area (Å²) in [5, 5.41) is 8.48. The van der Waals surface area contributed by atoms with Gasteiger partial charge in [0.2, 0.25) is 10.0 Å². The molecular formula is C12H17NO4S. The molecule has 100 valence electrons. The Bertz CT molecular complexity index is 484. The molecule has 0 atom stereocenters. The van der Waals surface area contributed by atoms with E-state index in [1.54, 1.807) is 0 Å². The topological polar surface area (TPSA) is 74.7 Å². The average molecular weight is 271 g/mol. The number of aliphatic carboxylic acids is 1. The Hall–Kier alpha value is -1.40. The van der Waals surface area contributed by atoms with Gasteiger partial charge in [-0.1, -0.05) is 30.3 Å². The highest BCUT2D eigenvalue weighted by Crippen LogP contribution is 2.05. The first-order valence-corrected chi connectivity index (χ1v) is 7.22. The van der Waals surface area contributed by atoms with Crippen molar-refractivity contribution >= 4 is 16.0 Å². The van der Waals surface area contributed by atoms with Gasteiger partial charge >= 0.3 is 5.97 Å². The third kappa shape index (κ3) is 4.85. The van der Waals surface area contributed by atoms with Crippen molar-refractivity contribution in [3.05, 3.63) is 35.9 Å². The molecule has 0 unspecified atom stereocenters. The minimum absolute atomic E-state index is 0.353. The molecule has 1 N–H and O–H groups in total. The molecule has 0 amide bonds. The van der Waals surface area contributed by atoms with Gasteiger partial charge in [0.1, 0.15) is 0 Å². The van der Waals surface area contributed by atoms with Crippen molar-refractivity contribution in [2.75, 3.05) is 19.3 Å². The van der Waals surface area contributed by atoms with Crippen LogP contribution in [0.4, 0.5) is 0 Å². The maximum Gasteiger partial charge on any atom is 0.304 e. The Labute approximate surface area is 107 Å². The number of rotatable bonds is 7. The highest BCUT2D eigenvalue weighted by molar-refractivity contribution is 7.89. The van der Waals surface area contributed by atoms with E-state index >= 15 is 0 Å². The van der Waals surface area contributed by atoms with Crippen molar-refractivity contribution in [1.82, 2.24) is 4.31 Å². The summed E-state index contributed by atoms with van der Waals surface area (Å²) in [7, 11) is -2.00. The van der Waals surface area contributed by atoms with Crippen LogP contribution in [0.1, 0.15) is 12.0 Å². The predicted molar refractivity (Wildman–Crippen MR) is 68.8 cm³/mol. The number of carbonyl (C=O) groups is 1. The third-order valence-electron chi connectivity index (χ3n) is 2.61. The van der Waals surface area contributed by atoms with Crippen LogP contribution < -0.4 is 0 Å². The zero-order chi connectivity index (χ0) is 13.6. The second kappa shape index (κ2) is 6.51. The van der Waals surface area contributed by atoms with Gasteiger partial charge in [0, 0.05) is 13.6 Å². The summed E-state index contributed by atoms with van der Waals surface area (Å²) in [4.78, 5) is 10.4. The second-order valence-electron chi connectivity index (χ2n) is 4.02. The van der Waals surface area contributed by atoms with Gasteiger partial charge in [-0.25, -0.2) is 12.7 Å². The SMILES string of the molecule is CN(CCc1ccccc1)S(=O)(=O)CCC(=O)O. The van der Waals surface area contributed by atoms with Gasteiger partial charge in [-0.15, -0.1) is 0 Å². The molecular weight excluding hydrogens is 254 g/mol. The Balaban J connectivity index is 2.49. The third-order valence-corrected chi connectivity index (χ3v) is 4.46. The molecule has 1 aromatic rings. The van der Waals surface area contributed by atoms with E-state index in [9.17, 15) is 13.2 Å². The highest BCUT2D eigenvalue weighted by atomic mass is 32.2. The summed E-state index contributed by atoms with van der Waals surface area (Å²) in [6.45, 7) is 0.353. The number of likely N-dealkylation sites (N-methyl/N-ethyl adjacent to an activating group) is 1. The van der Waals surface area contributed by atoms with Crippen LogP contribution in [-0.4, -0.2) is 43.1 Å². The molecule has 0 saturated carbocycles. The average Bonchev–Trinajstić information content (AvgIpc) is 2.35. The first-order chi connectivity index (χ1) is 8.42. The lowest BCUT2D eigenvalue weighted by Crippen LogP contribution is -2.31. The van der Waals surface area contributed by atoms with E-state index in [0.29, 0.717) is 13.0 Å². The molecule has 0 spiro atoms. The second-order valence-corrected chi connectivity index (χ2v) is 6.21. The van der Waals surface area contributed by atoms with Crippen molar-refractivity contribution in [3.63, 3.8) is 0 Å². The number of carboxylic acid groups (broad SMARTS) is 1. The fraction of sp³-hybridized carbons (Fsp3) is 0.417. The molecule has 0 aliphatic heterocycles. The van der Waals surface area contributed by atoms with E-state index in [1.807, 2.05) is 30.3 Å². The summed E-state index contributed by atoms with van der Waals surface area (Å²) in [5.74, 6) is -1.46. The molecule has 0 radical (unpaired) electrons. The summed E-state index contributed by atoms with van der Waals surface area (Å²) in [6.07, 6.45) is 0.252. The number of benzene rings is 1. The first-order valence-electron chi connectivity index (χ1n) is 5.61. The molecule has 0 saturated heterocycles. The van der Waals surface area contributed by atoms with Gasteiger partial charge < -0.3 is 5.11 Å². The summed E-state index contributed by atoms with van der Waals surface area (Å²) in [6, 6.07) is 9.55. The Morgan fingerprint density at radius 2 is 1.89 bits per heavy atom. The highest BCUT2D eigenvalue weighted by Gasteiger charge is 2.18. The van der Waals surface area contributed by atoms with Crippen LogP contribution in [-0.2, 0) is 21.2 Å². The van der Waals surface area contributed by atoms with Crippen LogP contribution in [0.15, 0.2) is 30.3 Å². The van der Waals surface area contributed by atoms with E-state index in [0.717, 1.165) is 5.56 Å². The maximum atomic E-state index is 11.7. The lowest BCUT2D eigenvalue weighted by molar-refractivity contribution is -0.136. The molecule has 18 heavy (non-hydrogen) atoms. The van der Waals surface area contributed by atoms with Crippen molar-refractivity contribution in [3.8, 4) is 0 Å². The van der Waals surface area contributed by atoms with Crippen LogP contribution in [0.2, 0.25) is 0 Å². The monoisotopic (exact) mass is 271 g/mol. The van der Waals surface area contributed by atoms with E-state index in [-0.39, 0.29) is 12.2 Å². The van der Waals surface area contributed by atoms with Crippen LogP contribution in [0.25, 0.3) is 0 Å². The van der Waals surface area contributed by atoms with Gasteiger partial charge in [-0.05, 0) is 12.0 Å². The summed E-state index contributed by atoms with van der Waals surface area (Å²) in [5.41, 5.74) is 1.05. The van der Waals surface area contributed by atoms with Crippen molar-refractivity contribution in [2.24, 2.45) is 0 Å². The first kappa shape index (κ1) is 14.7.